The number of rotatable bonds is 5. The number of halogens is 1. The summed E-state index contributed by atoms with van der Waals surface area (Å²) < 4.78 is 5.80. The number of ether oxygens (including phenoxy) is 1. The van der Waals surface area contributed by atoms with Gasteiger partial charge in [-0.2, -0.15) is 0 Å². The van der Waals surface area contributed by atoms with Gasteiger partial charge in [0.25, 0.3) is 0 Å². The summed E-state index contributed by atoms with van der Waals surface area (Å²) in [7, 11) is 1.55. The zero-order chi connectivity index (χ0) is 13.0. The smallest absolute Gasteiger partial charge is 0.167 e. The monoisotopic (exact) mass is 298 g/mol. The maximum absolute atomic E-state index is 12.1. The summed E-state index contributed by atoms with van der Waals surface area (Å²) in [4.78, 5) is 23.1. The molecule has 4 heteroatoms. The van der Waals surface area contributed by atoms with Gasteiger partial charge in [-0.25, -0.2) is 0 Å². The first kappa shape index (κ1) is 13.9. The summed E-state index contributed by atoms with van der Waals surface area (Å²) in [6.45, 7) is 3.25. The first-order valence-electron chi connectivity index (χ1n) is 5.33. The van der Waals surface area contributed by atoms with Crippen molar-refractivity contribution in [2.45, 2.75) is 20.3 Å². The third kappa shape index (κ3) is 3.66. The van der Waals surface area contributed by atoms with Gasteiger partial charge in [-0.05, 0) is 25.1 Å². The van der Waals surface area contributed by atoms with E-state index >= 15 is 0 Å². The highest BCUT2D eigenvalue weighted by atomic mass is 79.9. The van der Waals surface area contributed by atoms with Crippen LogP contribution in [0.1, 0.15) is 30.6 Å². The van der Waals surface area contributed by atoms with Crippen LogP contribution in [0.15, 0.2) is 22.7 Å². The highest BCUT2D eigenvalue weighted by molar-refractivity contribution is 9.10. The molecule has 0 amide bonds. The van der Waals surface area contributed by atoms with Gasteiger partial charge >= 0.3 is 0 Å². The molecule has 3 nitrogen and oxygen atoms in total. The van der Waals surface area contributed by atoms with Gasteiger partial charge in [0.15, 0.2) is 5.78 Å². The molecule has 0 heterocycles. The van der Waals surface area contributed by atoms with E-state index in [0.717, 1.165) is 4.47 Å². The Hall–Kier alpha value is -1.16. The second-order valence-electron chi connectivity index (χ2n) is 4.02. The van der Waals surface area contributed by atoms with Gasteiger partial charge in [0.2, 0.25) is 0 Å². The lowest BCUT2D eigenvalue weighted by Gasteiger charge is -2.11. The molecule has 92 valence electrons. The average Bonchev–Trinajstić information content (AvgIpc) is 2.28. The zero-order valence-electron chi connectivity index (χ0n) is 10.1. The van der Waals surface area contributed by atoms with Crippen molar-refractivity contribution in [1.29, 1.82) is 0 Å². The van der Waals surface area contributed by atoms with Gasteiger partial charge in [-0.3, -0.25) is 4.79 Å². The van der Waals surface area contributed by atoms with E-state index in [0.29, 0.717) is 11.3 Å². The lowest BCUT2D eigenvalue weighted by molar-refractivity contribution is -0.117. The Bertz CT molecular complexity index is 440. The summed E-state index contributed by atoms with van der Waals surface area (Å²) >= 11 is 3.33. The van der Waals surface area contributed by atoms with Gasteiger partial charge in [0.1, 0.15) is 11.5 Å². The number of benzene rings is 1. The third-order valence-electron chi connectivity index (χ3n) is 2.48. The largest absolute Gasteiger partial charge is 0.497 e. The minimum atomic E-state index is -0.309. The van der Waals surface area contributed by atoms with Crippen molar-refractivity contribution in [2.24, 2.45) is 5.92 Å². The fourth-order valence-electron chi connectivity index (χ4n) is 1.61. The van der Waals surface area contributed by atoms with E-state index in [1.165, 1.54) is 6.92 Å². The minimum Gasteiger partial charge on any atom is -0.497 e. The van der Waals surface area contributed by atoms with Crippen molar-refractivity contribution >= 4 is 27.5 Å². The summed E-state index contributed by atoms with van der Waals surface area (Å²) in [5, 5.41) is 0. The van der Waals surface area contributed by atoms with E-state index < -0.39 is 0 Å². The number of carbonyl (C=O) groups is 2. The molecule has 0 saturated carbocycles. The molecular weight excluding hydrogens is 284 g/mol. The summed E-state index contributed by atoms with van der Waals surface area (Å²) in [6, 6.07) is 5.23. The molecule has 0 fully saturated rings. The van der Waals surface area contributed by atoms with E-state index in [-0.39, 0.29) is 23.9 Å². The number of hydrogen-bond donors (Lipinski definition) is 0. The van der Waals surface area contributed by atoms with Crippen molar-refractivity contribution in [2.75, 3.05) is 7.11 Å². The Morgan fingerprint density at radius 1 is 1.41 bits per heavy atom. The van der Waals surface area contributed by atoms with Crippen molar-refractivity contribution in [3.63, 3.8) is 0 Å². The van der Waals surface area contributed by atoms with Gasteiger partial charge in [-0.1, -0.05) is 22.9 Å². The van der Waals surface area contributed by atoms with Crippen LogP contribution in [0.5, 0.6) is 5.75 Å². The Kier molecular flexibility index (Phi) is 4.87. The second-order valence-corrected chi connectivity index (χ2v) is 4.87. The van der Waals surface area contributed by atoms with Crippen LogP contribution in [-0.4, -0.2) is 18.7 Å². The number of hydrogen-bond acceptors (Lipinski definition) is 3. The third-order valence-corrected chi connectivity index (χ3v) is 3.17. The molecule has 0 spiro atoms. The highest BCUT2D eigenvalue weighted by Crippen LogP contribution is 2.25. The lowest BCUT2D eigenvalue weighted by Crippen LogP contribution is -2.15. The van der Waals surface area contributed by atoms with E-state index in [1.54, 1.807) is 32.2 Å². The van der Waals surface area contributed by atoms with E-state index in [2.05, 4.69) is 15.9 Å². The topological polar surface area (TPSA) is 43.4 Å². The molecule has 1 atom stereocenters. The van der Waals surface area contributed by atoms with Gasteiger partial charge < -0.3 is 9.53 Å². The predicted octanol–water partition coefficient (Wildman–Crippen LogP) is 3.26. The van der Waals surface area contributed by atoms with Crippen molar-refractivity contribution in [1.82, 2.24) is 0 Å². The van der Waals surface area contributed by atoms with Gasteiger partial charge in [0.05, 0.1) is 7.11 Å². The Balaban J connectivity index is 2.98. The van der Waals surface area contributed by atoms with E-state index in [4.69, 9.17) is 4.74 Å². The molecular formula is C13H15BrO3. The SMILES string of the molecule is COc1ccc(Br)c(C(=O)C(C)CC(C)=O)c1. The maximum Gasteiger partial charge on any atom is 0.167 e. The molecule has 17 heavy (non-hydrogen) atoms. The number of methoxy groups -OCH3 is 1. The fraction of sp³-hybridized carbons (Fsp3) is 0.385. The fourth-order valence-corrected chi connectivity index (χ4v) is 2.05. The Morgan fingerprint density at radius 3 is 2.59 bits per heavy atom. The quantitative estimate of drug-likeness (QED) is 0.784. The van der Waals surface area contributed by atoms with E-state index in [9.17, 15) is 9.59 Å². The molecule has 0 aromatic heterocycles. The number of Topliss-reactive ketones (excluding diaryl/α,β-unsaturated/α-hetero) is 2. The second kappa shape index (κ2) is 5.96. The van der Waals surface area contributed by atoms with Gasteiger partial charge in [0, 0.05) is 22.4 Å². The molecule has 0 aliphatic rings. The molecule has 0 aliphatic carbocycles. The first-order valence-corrected chi connectivity index (χ1v) is 6.12. The molecule has 0 radical (unpaired) electrons. The summed E-state index contributed by atoms with van der Waals surface area (Å²) in [6.07, 6.45) is 0.266. The lowest BCUT2D eigenvalue weighted by atomic mass is 9.95. The molecule has 0 aliphatic heterocycles. The molecule has 0 bridgehead atoms. The molecule has 0 N–H and O–H groups in total. The van der Waals surface area contributed by atoms with E-state index in [1.807, 2.05) is 0 Å². The highest BCUT2D eigenvalue weighted by Gasteiger charge is 2.19. The summed E-state index contributed by atoms with van der Waals surface area (Å²) in [5.74, 6) is 0.290. The molecule has 0 saturated heterocycles. The Labute approximate surface area is 109 Å². The van der Waals surface area contributed by atoms with Crippen LogP contribution in [0.2, 0.25) is 0 Å². The van der Waals surface area contributed by atoms with Crippen LogP contribution in [0.3, 0.4) is 0 Å². The zero-order valence-corrected chi connectivity index (χ0v) is 11.7. The van der Waals surface area contributed by atoms with Crippen LogP contribution in [0, 0.1) is 5.92 Å². The average molecular weight is 299 g/mol. The first-order chi connectivity index (χ1) is 7.95. The van der Waals surface area contributed by atoms with Crippen LogP contribution >= 0.6 is 15.9 Å². The standard InChI is InChI=1S/C13H15BrO3/c1-8(6-9(2)15)13(16)11-7-10(17-3)4-5-12(11)14/h4-5,7-8H,6H2,1-3H3. The van der Waals surface area contributed by atoms with Crippen molar-refractivity contribution in [3.05, 3.63) is 28.2 Å². The normalized spacial score (nSPS) is 12.0. The van der Waals surface area contributed by atoms with Crippen LogP contribution < -0.4 is 4.74 Å². The number of ketones is 2. The Morgan fingerprint density at radius 2 is 2.06 bits per heavy atom. The van der Waals surface area contributed by atoms with Crippen LogP contribution in [-0.2, 0) is 4.79 Å². The molecule has 1 rings (SSSR count). The van der Waals surface area contributed by atoms with Crippen LogP contribution in [0.25, 0.3) is 0 Å². The molecule has 1 aromatic rings. The molecule has 1 unspecified atom stereocenters. The molecule has 1 aromatic carbocycles. The van der Waals surface area contributed by atoms with Crippen molar-refractivity contribution in [3.8, 4) is 5.75 Å². The predicted molar refractivity (Wildman–Crippen MR) is 69.5 cm³/mol. The summed E-state index contributed by atoms with van der Waals surface area (Å²) in [5.41, 5.74) is 0.554. The van der Waals surface area contributed by atoms with Crippen molar-refractivity contribution < 1.29 is 14.3 Å². The maximum atomic E-state index is 12.1. The minimum absolute atomic E-state index is 0.0184. The number of carbonyl (C=O) groups excluding carboxylic acids is 2. The van der Waals surface area contributed by atoms with Gasteiger partial charge in [-0.15, -0.1) is 0 Å². The van der Waals surface area contributed by atoms with Crippen LogP contribution in [0.4, 0.5) is 0 Å².